The van der Waals surface area contributed by atoms with E-state index in [0.717, 1.165) is 21.7 Å². The monoisotopic (exact) mass is 309 g/mol. The van der Waals surface area contributed by atoms with Gasteiger partial charge in [0.15, 0.2) is 0 Å². The van der Waals surface area contributed by atoms with Crippen molar-refractivity contribution in [3.63, 3.8) is 0 Å². The number of nitrogens with one attached hydrogen (secondary N) is 1. The van der Waals surface area contributed by atoms with E-state index in [-0.39, 0.29) is 11.5 Å². The van der Waals surface area contributed by atoms with Crippen LogP contribution in [0.25, 0.3) is 0 Å². The quantitative estimate of drug-likeness (QED) is 0.899. The summed E-state index contributed by atoms with van der Waals surface area (Å²) in [6.45, 7) is 5.84. The van der Waals surface area contributed by atoms with Crippen molar-refractivity contribution in [3.8, 4) is 0 Å². The van der Waals surface area contributed by atoms with Crippen LogP contribution in [0.15, 0.2) is 12.1 Å². The molecule has 2 aromatic heterocycles. The van der Waals surface area contributed by atoms with Crippen LogP contribution in [-0.4, -0.2) is 17.0 Å². The fourth-order valence-electron chi connectivity index (χ4n) is 1.91. The molecular formula is C14H15NO3S2. The average Bonchev–Trinajstić information content (AvgIpc) is 2.92. The Kier molecular flexibility index (Phi) is 4.25. The predicted octanol–water partition coefficient (Wildman–Crippen LogP) is 3.94. The minimum absolute atomic E-state index is 0.143. The van der Waals surface area contributed by atoms with Crippen LogP contribution in [0.4, 0.5) is 5.00 Å². The van der Waals surface area contributed by atoms with Gasteiger partial charge in [-0.25, -0.2) is 4.79 Å². The molecule has 2 aromatic rings. The summed E-state index contributed by atoms with van der Waals surface area (Å²) in [5.41, 5.74) is 1.30. The number of amides is 1. The number of anilines is 1. The van der Waals surface area contributed by atoms with Crippen LogP contribution in [0.2, 0.25) is 0 Å². The molecule has 0 bridgehead atoms. The Hall–Kier alpha value is -1.66. The second kappa shape index (κ2) is 5.76. The maximum atomic E-state index is 12.2. The van der Waals surface area contributed by atoms with E-state index in [9.17, 15) is 9.59 Å². The fourth-order valence-corrected chi connectivity index (χ4v) is 3.82. The Bertz CT molecular complexity index is 670. The highest BCUT2D eigenvalue weighted by atomic mass is 32.1. The molecule has 0 aliphatic rings. The molecule has 0 spiro atoms. The van der Waals surface area contributed by atoms with Gasteiger partial charge in [0.25, 0.3) is 5.91 Å². The summed E-state index contributed by atoms with van der Waals surface area (Å²) in [7, 11) is 0. The van der Waals surface area contributed by atoms with E-state index in [1.165, 1.54) is 22.7 Å². The van der Waals surface area contributed by atoms with E-state index >= 15 is 0 Å². The van der Waals surface area contributed by atoms with Gasteiger partial charge in [0.2, 0.25) is 0 Å². The van der Waals surface area contributed by atoms with Crippen LogP contribution < -0.4 is 5.32 Å². The first-order valence-corrected chi connectivity index (χ1v) is 7.80. The van der Waals surface area contributed by atoms with E-state index in [0.29, 0.717) is 9.88 Å². The molecule has 0 aromatic carbocycles. The van der Waals surface area contributed by atoms with Gasteiger partial charge in [0, 0.05) is 9.75 Å². The Labute approximate surface area is 125 Å². The van der Waals surface area contributed by atoms with Crippen molar-refractivity contribution in [1.29, 1.82) is 0 Å². The number of carboxylic acids is 1. The second-order valence-corrected chi connectivity index (χ2v) is 6.92. The number of carboxylic acid groups (broad SMARTS) is 1. The lowest BCUT2D eigenvalue weighted by Crippen LogP contribution is -2.11. The van der Waals surface area contributed by atoms with Gasteiger partial charge in [-0.2, -0.15) is 0 Å². The molecule has 4 nitrogen and oxygen atoms in total. The number of hydrogen-bond acceptors (Lipinski definition) is 4. The van der Waals surface area contributed by atoms with Gasteiger partial charge >= 0.3 is 5.97 Å². The SMILES string of the molecule is CCc1cc(C(=O)Nc2sc(C)cc2C(=O)O)sc1C. The number of hydrogen-bond donors (Lipinski definition) is 2. The summed E-state index contributed by atoms with van der Waals surface area (Å²) < 4.78 is 0. The summed E-state index contributed by atoms with van der Waals surface area (Å²) in [6, 6.07) is 3.44. The van der Waals surface area contributed by atoms with E-state index in [4.69, 9.17) is 5.11 Å². The topological polar surface area (TPSA) is 66.4 Å². The molecule has 20 heavy (non-hydrogen) atoms. The molecule has 6 heteroatoms. The summed E-state index contributed by atoms with van der Waals surface area (Å²) in [5, 5.41) is 12.2. The molecule has 106 valence electrons. The number of carbonyl (C=O) groups excluding carboxylic acids is 1. The Morgan fingerprint density at radius 2 is 1.95 bits per heavy atom. The summed E-state index contributed by atoms with van der Waals surface area (Å²) in [6.07, 6.45) is 0.883. The first-order valence-electron chi connectivity index (χ1n) is 6.16. The zero-order valence-corrected chi connectivity index (χ0v) is 13.1. The van der Waals surface area contributed by atoms with Crippen LogP contribution in [0.1, 0.15) is 42.3 Å². The van der Waals surface area contributed by atoms with Crippen molar-refractivity contribution >= 4 is 39.6 Å². The number of thiophene rings is 2. The van der Waals surface area contributed by atoms with Crippen LogP contribution in [-0.2, 0) is 6.42 Å². The average molecular weight is 309 g/mol. The molecule has 0 saturated heterocycles. The fraction of sp³-hybridized carbons (Fsp3) is 0.286. The van der Waals surface area contributed by atoms with Crippen molar-refractivity contribution < 1.29 is 14.7 Å². The van der Waals surface area contributed by atoms with Gasteiger partial charge in [-0.15, -0.1) is 22.7 Å². The maximum Gasteiger partial charge on any atom is 0.338 e. The van der Waals surface area contributed by atoms with Crippen molar-refractivity contribution in [3.05, 3.63) is 37.9 Å². The largest absolute Gasteiger partial charge is 0.478 e. The molecule has 2 rings (SSSR count). The number of aromatic carboxylic acids is 1. The summed E-state index contributed by atoms with van der Waals surface area (Å²) >= 11 is 2.71. The third-order valence-electron chi connectivity index (χ3n) is 2.94. The lowest BCUT2D eigenvalue weighted by atomic mass is 10.2. The van der Waals surface area contributed by atoms with E-state index in [2.05, 4.69) is 5.32 Å². The standard InChI is InChI=1S/C14H15NO3S2/c1-4-9-6-11(20-8(9)3)12(16)15-13-10(14(17)18)5-7(2)19-13/h5-6H,4H2,1-3H3,(H,15,16)(H,17,18). The Morgan fingerprint density at radius 3 is 2.50 bits per heavy atom. The zero-order chi connectivity index (χ0) is 14.9. The molecular weight excluding hydrogens is 294 g/mol. The summed E-state index contributed by atoms with van der Waals surface area (Å²) in [4.78, 5) is 25.9. The van der Waals surface area contributed by atoms with E-state index in [1.807, 2.05) is 26.8 Å². The maximum absolute atomic E-state index is 12.2. The molecule has 0 saturated carbocycles. The second-order valence-electron chi connectivity index (χ2n) is 4.40. The number of aryl methyl sites for hydroxylation is 3. The van der Waals surface area contributed by atoms with Gasteiger partial charge in [-0.3, -0.25) is 4.79 Å². The van der Waals surface area contributed by atoms with Gasteiger partial charge < -0.3 is 10.4 Å². The molecule has 2 N–H and O–H groups in total. The Morgan fingerprint density at radius 1 is 1.25 bits per heavy atom. The van der Waals surface area contributed by atoms with E-state index in [1.54, 1.807) is 6.07 Å². The van der Waals surface area contributed by atoms with Crippen LogP contribution in [0.3, 0.4) is 0 Å². The summed E-state index contributed by atoms with van der Waals surface area (Å²) in [5.74, 6) is -1.27. The van der Waals surface area contributed by atoms with Crippen LogP contribution in [0.5, 0.6) is 0 Å². The minimum Gasteiger partial charge on any atom is -0.478 e. The first-order chi connectivity index (χ1) is 9.42. The van der Waals surface area contributed by atoms with Crippen molar-refractivity contribution in [2.75, 3.05) is 5.32 Å². The molecule has 2 heterocycles. The van der Waals surface area contributed by atoms with Crippen LogP contribution in [0, 0.1) is 13.8 Å². The highest BCUT2D eigenvalue weighted by molar-refractivity contribution is 7.17. The number of carbonyl (C=O) groups is 2. The third-order valence-corrected chi connectivity index (χ3v) is 5.00. The van der Waals surface area contributed by atoms with Crippen molar-refractivity contribution in [2.45, 2.75) is 27.2 Å². The van der Waals surface area contributed by atoms with E-state index < -0.39 is 5.97 Å². The minimum atomic E-state index is -1.03. The highest BCUT2D eigenvalue weighted by Crippen LogP contribution is 2.29. The molecule has 0 aliphatic carbocycles. The van der Waals surface area contributed by atoms with Gasteiger partial charge in [0.1, 0.15) is 5.00 Å². The normalized spacial score (nSPS) is 10.6. The molecule has 0 unspecified atom stereocenters. The molecule has 0 fully saturated rings. The Balaban J connectivity index is 2.25. The van der Waals surface area contributed by atoms with Gasteiger partial charge in [-0.05, 0) is 38.0 Å². The lowest BCUT2D eigenvalue weighted by molar-refractivity contribution is 0.0698. The number of rotatable bonds is 4. The van der Waals surface area contributed by atoms with Gasteiger partial charge in [-0.1, -0.05) is 6.92 Å². The predicted molar refractivity (Wildman–Crippen MR) is 82.4 cm³/mol. The van der Waals surface area contributed by atoms with Crippen molar-refractivity contribution in [1.82, 2.24) is 0 Å². The molecule has 0 radical (unpaired) electrons. The first kappa shape index (κ1) is 14.7. The zero-order valence-electron chi connectivity index (χ0n) is 11.4. The van der Waals surface area contributed by atoms with Crippen molar-refractivity contribution in [2.24, 2.45) is 0 Å². The lowest BCUT2D eigenvalue weighted by Gasteiger charge is -2.01. The third kappa shape index (κ3) is 2.91. The molecule has 1 amide bonds. The van der Waals surface area contributed by atoms with Crippen LogP contribution >= 0.6 is 22.7 Å². The molecule has 0 atom stereocenters. The highest BCUT2D eigenvalue weighted by Gasteiger charge is 2.18. The molecule has 0 aliphatic heterocycles. The van der Waals surface area contributed by atoms with Gasteiger partial charge in [0.05, 0.1) is 10.4 Å². The smallest absolute Gasteiger partial charge is 0.338 e.